The highest BCUT2D eigenvalue weighted by atomic mass is 16.6. The third-order valence-corrected chi connectivity index (χ3v) is 3.89. The first-order valence-electron chi connectivity index (χ1n) is 7.41. The maximum atomic E-state index is 10.1. The number of aliphatic hydroxyl groups is 1. The maximum absolute atomic E-state index is 10.1. The highest BCUT2D eigenvalue weighted by molar-refractivity contribution is 5.18. The largest absolute Gasteiger partial charge is 0.472 e. The lowest BCUT2D eigenvalue weighted by Crippen LogP contribution is -2.22. The molecule has 0 fully saturated rings. The van der Waals surface area contributed by atoms with Gasteiger partial charge in [-0.1, -0.05) is 36.4 Å². The second-order valence-corrected chi connectivity index (χ2v) is 5.39. The highest BCUT2D eigenvalue weighted by Crippen LogP contribution is 2.31. The van der Waals surface area contributed by atoms with E-state index >= 15 is 0 Å². The molecule has 1 aromatic heterocycles. The van der Waals surface area contributed by atoms with Gasteiger partial charge < -0.3 is 14.3 Å². The minimum Gasteiger partial charge on any atom is -0.472 e. The topological polar surface area (TPSA) is 42.6 Å². The number of benzene rings is 1. The Balaban J connectivity index is 1.52. The second kappa shape index (κ2) is 6.74. The SMILES string of the molecule is OC1OC(c2ccoc2)CC=C1CCCc1ccccc1. The molecular formula is C18H20O3. The van der Waals surface area contributed by atoms with Crippen LogP contribution in [0.4, 0.5) is 0 Å². The number of aryl methyl sites for hydroxylation is 1. The minimum atomic E-state index is -0.797. The van der Waals surface area contributed by atoms with E-state index in [9.17, 15) is 5.11 Å². The Kier molecular flexibility index (Phi) is 4.53. The van der Waals surface area contributed by atoms with Crippen LogP contribution in [0.2, 0.25) is 0 Å². The van der Waals surface area contributed by atoms with Gasteiger partial charge in [-0.2, -0.15) is 0 Å². The fourth-order valence-electron chi connectivity index (χ4n) is 2.70. The van der Waals surface area contributed by atoms with Gasteiger partial charge in [0.1, 0.15) is 0 Å². The summed E-state index contributed by atoms with van der Waals surface area (Å²) in [4.78, 5) is 0. The Morgan fingerprint density at radius 2 is 1.95 bits per heavy atom. The monoisotopic (exact) mass is 284 g/mol. The molecule has 2 atom stereocenters. The van der Waals surface area contributed by atoms with Gasteiger partial charge in [0.25, 0.3) is 0 Å². The molecule has 2 unspecified atom stereocenters. The van der Waals surface area contributed by atoms with Crippen molar-refractivity contribution >= 4 is 0 Å². The van der Waals surface area contributed by atoms with E-state index in [0.717, 1.165) is 36.8 Å². The average Bonchev–Trinajstić information content (AvgIpc) is 3.04. The number of furan rings is 1. The molecule has 1 N–H and O–H groups in total. The van der Waals surface area contributed by atoms with Crippen LogP contribution in [0.15, 0.2) is 65.0 Å². The standard InChI is InChI=1S/C18H20O3/c19-18-15(8-4-7-14-5-2-1-3-6-14)9-10-17(21-18)16-11-12-20-13-16/h1-3,5-6,9,11-13,17-19H,4,7-8,10H2. The van der Waals surface area contributed by atoms with Gasteiger partial charge in [0, 0.05) is 5.56 Å². The lowest BCUT2D eigenvalue weighted by Gasteiger charge is -2.27. The van der Waals surface area contributed by atoms with Crippen molar-refractivity contribution in [2.75, 3.05) is 0 Å². The Bertz CT molecular complexity index is 572. The predicted molar refractivity (Wildman–Crippen MR) is 80.6 cm³/mol. The van der Waals surface area contributed by atoms with Gasteiger partial charge in [0.2, 0.25) is 0 Å². The molecule has 1 aliphatic heterocycles. The fourth-order valence-corrected chi connectivity index (χ4v) is 2.70. The highest BCUT2D eigenvalue weighted by Gasteiger charge is 2.24. The molecule has 3 heteroatoms. The van der Waals surface area contributed by atoms with E-state index in [2.05, 4.69) is 30.3 Å². The van der Waals surface area contributed by atoms with Crippen molar-refractivity contribution in [2.45, 2.75) is 38.1 Å². The molecule has 0 bridgehead atoms. The Labute approximate surface area is 124 Å². The normalized spacial score (nSPS) is 22.0. The summed E-state index contributed by atoms with van der Waals surface area (Å²) in [5.74, 6) is 0. The molecule has 1 aromatic carbocycles. The maximum Gasteiger partial charge on any atom is 0.177 e. The summed E-state index contributed by atoms with van der Waals surface area (Å²) in [6.45, 7) is 0. The number of ether oxygens (including phenoxy) is 1. The van der Waals surface area contributed by atoms with Gasteiger partial charge >= 0.3 is 0 Å². The van der Waals surface area contributed by atoms with Gasteiger partial charge in [-0.25, -0.2) is 0 Å². The zero-order chi connectivity index (χ0) is 14.5. The summed E-state index contributed by atoms with van der Waals surface area (Å²) in [6, 6.07) is 12.3. The number of hydrogen-bond donors (Lipinski definition) is 1. The quantitative estimate of drug-likeness (QED) is 0.844. The first-order chi connectivity index (χ1) is 10.3. The first-order valence-corrected chi connectivity index (χ1v) is 7.41. The van der Waals surface area contributed by atoms with Crippen LogP contribution in [0.1, 0.15) is 36.5 Å². The molecule has 21 heavy (non-hydrogen) atoms. The van der Waals surface area contributed by atoms with Crippen molar-refractivity contribution in [3.63, 3.8) is 0 Å². The van der Waals surface area contributed by atoms with Crippen molar-refractivity contribution in [1.29, 1.82) is 0 Å². The molecule has 0 saturated heterocycles. The molecule has 0 saturated carbocycles. The zero-order valence-corrected chi connectivity index (χ0v) is 11.9. The Morgan fingerprint density at radius 1 is 1.10 bits per heavy atom. The summed E-state index contributed by atoms with van der Waals surface area (Å²) < 4.78 is 10.7. The molecule has 0 aliphatic carbocycles. The summed E-state index contributed by atoms with van der Waals surface area (Å²) in [6.07, 6.45) is 8.21. The van der Waals surface area contributed by atoms with Crippen LogP contribution in [-0.4, -0.2) is 11.4 Å². The van der Waals surface area contributed by atoms with Gasteiger partial charge in [0.15, 0.2) is 6.29 Å². The molecule has 2 aromatic rings. The van der Waals surface area contributed by atoms with E-state index in [1.165, 1.54) is 5.56 Å². The predicted octanol–water partition coefficient (Wildman–Crippen LogP) is 4.01. The molecule has 0 radical (unpaired) electrons. The second-order valence-electron chi connectivity index (χ2n) is 5.39. The smallest absolute Gasteiger partial charge is 0.177 e. The van der Waals surface area contributed by atoms with Crippen LogP contribution in [0.5, 0.6) is 0 Å². The van der Waals surface area contributed by atoms with Crippen molar-refractivity contribution < 1.29 is 14.3 Å². The third kappa shape index (κ3) is 3.63. The van der Waals surface area contributed by atoms with Crippen LogP contribution in [0, 0.1) is 0 Å². The van der Waals surface area contributed by atoms with Gasteiger partial charge in [-0.15, -0.1) is 0 Å². The molecular weight excluding hydrogens is 264 g/mol. The van der Waals surface area contributed by atoms with Crippen LogP contribution in [-0.2, 0) is 11.2 Å². The summed E-state index contributed by atoms with van der Waals surface area (Å²) >= 11 is 0. The van der Waals surface area contributed by atoms with Crippen LogP contribution in [0.3, 0.4) is 0 Å². The first kappa shape index (κ1) is 14.1. The molecule has 3 nitrogen and oxygen atoms in total. The van der Waals surface area contributed by atoms with Crippen LogP contribution in [0.25, 0.3) is 0 Å². The van der Waals surface area contributed by atoms with Crippen molar-refractivity contribution in [2.24, 2.45) is 0 Å². The summed E-state index contributed by atoms with van der Waals surface area (Å²) in [5.41, 5.74) is 3.31. The molecule has 0 spiro atoms. The van der Waals surface area contributed by atoms with Crippen molar-refractivity contribution in [3.8, 4) is 0 Å². The van der Waals surface area contributed by atoms with Gasteiger partial charge in [-0.05, 0) is 42.9 Å². The summed E-state index contributed by atoms with van der Waals surface area (Å²) in [7, 11) is 0. The van der Waals surface area contributed by atoms with E-state index in [0.29, 0.717) is 0 Å². The van der Waals surface area contributed by atoms with E-state index in [-0.39, 0.29) is 6.10 Å². The zero-order valence-electron chi connectivity index (χ0n) is 11.9. The average molecular weight is 284 g/mol. The molecule has 3 rings (SSSR count). The van der Waals surface area contributed by atoms with E-state index in [1.54, 1.807) is 12.5 Å². The van der Waals surface area contributed by atoms with E-state index < -0.39 is 6.29 Å². The third-order valence-electron chi connectivity index (χ3n) is 3.89. The molecule has 110 valence electrons. The number of rotatable bonds is 5. The summed E-state index contributed by atoms with van der Waals surface area (Å²) in [5, 5.41) is 10.1. The van der Waals surface area contributed by atoms with E-state index in [4.69, 9.17) is 9.15 Å². The molecule has 0 amide bonds. The molecule has 1 aliphatic rings. The minimum absolute atomic E-state index is 0.100. The van der Waals surface area contributed by atoms with Crippen LogP contribution < -0.4 is 0 Å². The lowest BCUT2D eigenvalue weighted by atomic mass is 9.99. The lowest BCUT2D eigenvalue weighted by molar-refractivity contribution is -0.123. The van der Waals surface area contributed by atoms with Crippen molar-refractivity contribution in [1.82, 2.24) is 0 Å². The fraction of sp³-hybridized carbons (Fsp3) is 0.333. The number of hydrogen-bond acceptors (Lipinski definition) is 3. The molecule has 2 heterocycles. The Morgan fingerprint density at radius 3 is 2.67 bits per heavy atom. The Hall–Kier alpha value is -1.84. The van der Waals surface area contributed by atoms with Gasteiger partial charge in [-0.3, -0.25) is 0 Å². The van der Waals surface area contributed by atoms with E-state index in [1.807, 2.05) is 12.1 Å². The van der Waals surface area contributed by atoms with Crippen molar-refractivity contribution in [3.05, 3.63) is 71.7 Å². The number of aliphatic hydroxyl groups excluding tert-OH is 1. The van der Waals surface area contributed by atoms with Gasteiger partial charge in [0.05, 0.1) is 18.6 Å². The van der Waals surface area contributed by atoms with Crippen LogP contribution >= 0.6 is 0 Å².